The van der Waals surface area contributed by atoms with Crippen molar-refractivity contribution in [2.24, 2.45) is 11.1 Å². The second-order valence-electron chi connectivity index (χ2n) is 8.81. The normalized spacial score (nSPS) is 14.6. The first-order valence-corrected chi connectivity index (χ1v) is 12.5. The highest BCUT2D eigenvalue weighted by Crippen LogP contribution is 2.33. The van der Waals surface area contributed by atoms with Crippen molar-refractivity contribution in [2.45, 2.75) is 32.7 Å². The molecule has 194 valence electrons. The zero-order chi connectivity index (χ0) is 26.0. The number of benzene rings is 2. The van der Waals surface area contributed by atoms with Crippen molar-refractivity contribution in [1.29, 1.82) is 0 Å². The third-order valence-corrected chi connectivity index (χ3v) is 6.76. The van der Waals surface area contributed by atoms with Crippen LogP contribution in [0.5, 0.6) is 0 Å². The summed E-state index contributed by atoms with van der Waals surface area (Å²) in [4.78, 5) is 39.9. The van der Waals surface area contributed by atoms with Crippen LogP contribution in [0, 0.1) is 5.41 Å². The quantitative estimate of drug-likeness (QED) is 0.406. The molecular formula is C26H34ClN5O4. The molecule has 1 heterocycles. The predicted octanol–water partition coefficient (Wildman–Crippen LogP) is 3.52. The first-order chi connectivity index (χ1) is 17.4. The van der Waals surface area contributed by atoms with Crippen LogP contribution < -0.4 is 21.7 Å². The number of hydrogen-bond donors (Lipinski definition) is 4. The maximum atomic E-state index is 13.4. The average molecular weight is 516 g/mol. The van der Waals surface area contributed by atoms with Crippen LogP contribution in [-0.2, 0) is 22.5 Å². The van der Waals surface area contributed by atoms with E-state index in [0.717, 1.165) is 17.5 Å². The van der Waals surface area contributed by atoms with Crippen LogP contribution in [0.15, 0.2) is 48.5 Å². The molecule has 1 aliphatic rings. The number of anilines is 1. The van der Waals surface area contributed by atoms with Gasteiger partial charge in [-0.1, -0.05) is 48.9 Å². The summed E-state index contributed by atoms with van der Waals surface area (Å²) in [7, 11) is 0. The van der Waals surface area contributed by atoms with Gasteiger partial charge in [0.25, 0.3) is 0 Å². The Kier molecular flexibility index (Phi) is 9.95. The number of rotatable bonds is 9. The molecule has 4 amide bonds. The number of hydrogen-bond acceptors (Lipinski definition) is 5. The molecule has 0 aliphatic carbocycles. The van der Waals surface area contributed by atoms with Crippen LogP contribution in [0.3, 0.4) is 0 Å². The van der Waals surface area contributed by atoms with Crippen LogP contribution in [0.4, 0.5) is 15.3 Å². The highest BCUT2D eigenvalue weighted by molar-refractivity contribution is 6.31. The molecule has 36 heavy (non-hydrogen) atoms. The molecule has 0 aromatic heterocycles. The van der Waals surface area contributed by atoms with E-state index in [9.17, 15) is 14.4 Å². The van der Waals surface area contributed by atoms with Gasteiger partial charge in [-0.3, -0.25) is 10.1 Å². The minimum Gasteiger partial charge on any atom is -0.448 e. The van der Waals surface area contributed by atoms with E-state index in [1.807, 2.05) is 42.5 Å². The van der Waals surface area contributed by atoms with Crippen LogP contribution >= 0.6 is 11.6 Å². The average Bonchev–Trinajstić information content (AvgIpc) is 2.90. The van der Waals surface area contributed by atoms with Gasteiger partial charge >= 0.3 is 12.1 Å². The Hall–Kier alpha value is -3.30. The molecule has 5 N–H and O–H groups in total. The number of piperidine rings is 1. The largest absolute Gasteiger partial charge is 0.448 e. The molecule has 1 saturated heterocycles. The summed E-state index contributed by atoms with van der Waals surface area (Å²) < 4.78 is 5.53. The fourth-order valence-corrected chi connectivity index (χ4v) is 4.25. The second-order valence-corrected chi connectivity index (χ2v) is 9.22. The third-order valence-electron chi connectivity index (χ3n) is 6.40. The van der Waals surface area contributed by atoms with Crippen molar-refractivity contribution in [3.63, 3.8) is 0 Å². The van der Waals surface area contributed by atoms with Gasteiger partial charge in [-0.2, -0.15) is 0 Å². The Labute approximate surface area is 216 Å². The first kappa shape index (κ1) is 27.3. The predicted molar refractivity (Wildman–Crippen MR) is 140 cm³/mol. The van der Waals surface area contributed by atoms with E-state index in [-0.39, 0.29) is 25.1 Å². The highest BCUT2D eigenvalue weighted by Gasteiger charge is 2.43. The summed E-state index contributed by atoms with van der Waals surface area (Å²) in [5.74, 6) is -0.246. The highest BCUT2D eigenvalue weighted by atomic mass is 35.5. The fourth-order valence-electron chi connectivity index (χ4n) is 4.05. The molecule has 10 heteroatoms. The first-order valence-electron chi connectivity index (χ1n) is 12.1. The summed E-state index contributed by atoms with van der Waals surface area (Å²) in [6.07, 6.45) is 0.949. The molecule has 1 fully saturated rings. The molecule has 9 nitrogen and oxygen atoms in total. The van der Waals surface area contributed by atoms with Crippen molar-refractivity contribution in [3.8, 4) is 0 Å². The lowest BCUT2D eigenvalue weighted by molar-refractivity contribution is -0.136. The molecule has 0 unspecified atom stereocenters. The monoisotopic (exact) mass is 515 g/mol. The standard InChI is InChI=1S/C26H34ClN5O4/c1-2-19-7-9-21(10-8-19)31-25(35)36-18-26(11-15-32(16-12-26)24(34)29-14-13-28)23(33)30-17-20-5-3-4-6-22(20)27/h3-10H,2,11-18,28H2,1H3,(H,29,34)(H,30,33)(H,31,35). The minimum atomic E-state index is -0.977. The molecule has 0 saturated carbocycles. The minimum absolute atomic E-state index is 0.113. The number of carbonyl (C=O) groups excluding carboxylic acids is 3. The number of likely N-dealkylation sites (tertiary alicyclic amines) is 1. The van der Waals surface area contributed by atoms with Gasteiger partial charge in [-0.05, 0) is 48.6 Å². The number of amides is 4. The lowest BCUT2D eigenvalue weighted by atomic mass is 9.78. The van der Waals surface area contributed by atoms with Gasteiger partial charge in [0, 0.05) is 43.4 Å². The van der Waals surface area contributed by atoms with Gasteiger partial charge in [0.1, 0.15) is 6.61 Å². The fraction of sp³-hybridized carbons (Fsp3) is 0.423. The Bertz CT molecular complexity index is 1040. The van der Waals surface area contributed by atoms with E-state index in [1.165, 1.54) is 0 Å². The smallest absolute Gasteiger partial charge is 0.411 e. The van der Waals surface area contributed by atoms with Crippen molar-refractivity contribution in [2.75, 3.05) is 38.1 Å². The van der Waals surface area contributed by atoms with Gasteiger partial charge in [0.05, 0.1) is 5.41 Å². The number of aryl methyl sites for hydroxylation is 1. The lowest BCUT2D eigenvalue weighted by Gasteiger charge is -2.40. The molecular weight excluding hydrogens is 482 g/mol. The number of ether oxygens (including phenoxy) is 1. The molecule has 0 radical (unpaired) electrons. The number of halogens is 1. The maximum Gasteiger partial charge on any atom is 0.411 e. The number of carbonyl (C=O) groups is 3. The Balaban J connectivity index is 1.65. The number of nitrogens with two attached hydrogens (primary N) is 1. The number of nitrogens with one attached hydrogen (secondary N) is 3. The Morgan fingerprint density at radius 2 is 1.75 bits per heavy atom. The summed E-state index contributed by atoms with van der Waals surface area (Å²) in [5, 5.41) is 8.96. The summed E-state index contributed by atoms with van der Waals surface area (Å²) in [5.41, 5.74) is 7.05. The Morgan fingerprint density at radius 3 is 2.39 bits per heavy atom. The third kappa shape index (κ3) is 7.35. The van der Waals surface area contributed by atoms with Gasteiger partial charge in [0.15, 0.2) is 0 Å². The second kappa shape index (κ2) is 13.1. The van der Waals surface area contributed by atoms with Crippen LogP contribution in [0.1, 0.15) is 30.9 Å². The topological polar surface area (TPSA) is 126 Å². The molecule has 2 aromatic carbocycles. The summed E-state index contributed by atoms with van der Waals surface area (Å²) in [6.45, 7) is 3.60. The van der Waals surface area contributed by atoms with E-state index in [1.54, 1.807) is 11.0 Å². The number of nitrogens with zero attached hydrogens (tertiary/aromatic N) is 1. The van der Waals surface area contributed by atoms with E-state index in [0.29, 0.717) is 49.7 Å². The maximum absolute atomic E-state index is 13.4. The van der Waals surface area contributed by atoms with Gasteiger partial charge in [-0.25, -0.2) is 9.59 Å². The van der Waals surface area contributed by atoms with Crippen molar-refractivity contribution >= 4 is 35.3 Å². The zero-order valence-corrected chi connectivity index (χ0v) is 21.3. The van der Waals surface area contributed by atoms with Gasteiger partial charge in [-0.15, -0.1) is 0 Å². The molecule has 0 spiro atoms. The lowest BCUT2D eigenvalue weighted by Crippen LogP contribution is -2.54. The van der Waals surface area contributed by atoms with Crippen LogP contribution in [0.25, 0.3) is 0 Å². The van der Waals surface area contributed by atoms with Crippen LogP contribution in [-0.4, -0.2) is 55.7 Å². The molecule has 2 aromatic rings. The van der Waals surface area contributed by atoms with E-state index >= 15 is 0 Å². The van der Waals surface area contributed by atoms with E-state index in [2.05, 4.69) is 22.9 Å². The SMILES string of the molecule is CCc1ccc(NC(=O)OCC2(C(=O)NCc3ccccc3Cl)CCN(C(=O)NCCN)CC2)cc1. The van der Waals surface area contributed by atoms with Gasteiger partial charge < -0.3 is 26.0 Å². The summed E-state index contributed by atoms with van der Waals surface area (Å²) in [6, 6.07) is 14.5. The van der Waals surface area contributed by atoms with E-state index < -0.39 is 11.5 Å². The Morgan fingerprint density at radius 1 is 1.06 bits per heavy atom. The molecule has 0 bridgehead atoms. The van der Waals surface area contributed by atoms with Crippen molar-refractivity contribution in [1.82, 2.24) is 15.5 Å². The van der Waals surface area contributed by atoms with E-state index in [4.69, 9.17) is 22.1 Å². The molecule has 3 rings (SSSR count). The molecule has 0 atom stereocenters. The summed E-state index contributed by atoms with van der Waals surface area (Å²) >= 11 is 6.23. The van der Waals surface area contributed by atoms with Crippen molar-refractivity contribution in [3.05, 3.63) is 64.7 Å². The van der Waals surface area contributed by atoms with Crippen molar-refractivity contribution < 1.29 is 19.1 Å². The van der Waals surface area contributed by atoms with Crippen LogP contribution in [0.2, 0.25) is 5.02 Å². The zero-order valence-electron chi connectivity index (χ0n) is 20.5. The molecule has 1 aliphatic heterocycles. The van der Waals surface area contributed by atoms with Gasteiger partial charge in [0.2, 0.25) is 5.91 Å². The number of urea groups is 1.